The van der Waals surface area contributed by atoms with Crippen molar-refractivity contribution in [2.24, 2.45) is 0 Å². The fourth-order valence-corrected chi connectivity index (χ4v) is 4.86. The minimum absolute atomic E-state index is 0.0155. The highest BCUT2D eigenvalue weighted by atomic mass is 16.5. The van der Waals surface area contributed by atoms with Gasteiger partial charge >= 0.3 is 0 Å². The molecular weight excluding hydrogens is 408 g/mol. The molecule has 4 heterocycles. The number of ether oxygens (including phenoxy) is 3. The average molecular weight is 437 g/mol. The van der Waals surface area contributed by atoms with E-state index in [4.69, 9.17) is 19.2 Å². The largest absolute Gasteiger partial charge is 0.496 e. The summed E-state index contributed by atoms with van der Waals surface area (Å²) in [6, 6.07) is 9.55. The molecule has 2 saturated heterocycles. The van der Waals surface area contributed by atoms with Crippen molar-refractivity contribution < 1.29 is 19.0 Å². The number of hydrogen-bond donors (Lipinski definition) is 0. The van der Waals surface area contributed by atoms with Crippen LogP contribution in [0.5, 0.6) is 11.5 Å². The number of rotatable bonds is 5. The number of methoxy groups -OCH3 is 2. The van der Waals surface area contributed by atoms with Crippen molar-refractivity contribution in [3.8, 4) is 11.5 Å². The SMILES string of the molecule is COc1cccc(OC)c1C(=O)N1CCC(n2c([C@H]3CCCO3)nc3cccnc32)CC1. The number of benzene rings is 1. The molecule has 0 N–H and O–H groups in total. The maximum absolute atomic E-state index is 13.4. The third-order valence-corrected chi connectivity index (χ3v) is 6.45. The number of nitrogens with zero attached hydrogens (tertiary/aromatic N) is 4. The van der Waals surface area contributed by atoms with Crippen LogP contribution < -0.4 is 9.47 Å². The number of piperidine rings is 1. The van der Waals surface area contributed by atoms with E-state index in [1.165, 1.54) is 0 Å². The van der Waals surface area contributed by atoms with Gasteiger partial charge in [-0.1, -0.05) is 6.07 Å². The van der Waals surface area contributed by atoms with Crippen LogP contribution in [0, 0.1) is 0 Å². The fourth-order valence-electron chi connectivity index (χ4n) is 4.86. The minimum Gasteiger partial charge on any atom is -0.496 e. The molecule has 2 aliphatic rings. The Balaban J connectivity index is 1.40. The predicted molar refractivity (Wildman–Crippen MR) is 119 cm³/mol. The van der Waals surface area contributed by atoms with Gasteiger partial charge in [-0.3, -0.25) is 4.79 Å². The standard InChI is InChI=1S/C24H28N4O4/c1-30-18-7-3-8-19(31-2)21(18)24(29)27-13-10-16(11-14-27)28-22-17(6-4-12-25-22)26-23(28)20-9-5-15-32-20/h3-4,6-8,12,16,20H,5,9-11,13-15H2,1-2H3/t20-/m1/s1. The zero-order valence-corrected chi connectivity index (χ0v) is 18.5. The summed E-state index contributed by atoms with van der Waals surface area (Å²) >= 11 is 0. The molecule has 32 heavy (non-hydrogen) atoms. The van der Waals surface area contributed by atoms with Gasteiger partial charge in [-0.15, -0.1) is 0 Å². The van der Waals surface area contributed by atoms with Crippen LogP contribution in [0.15, 0.2) is 36.5 Å². The van der Waals surface area contributed by atoms with E-state index < -0.39 is 0 Å². The van der Waals surface area contributed by atoms with Crippen molar-refractivity contribution in [2.75, 3.05) is 33.9 Å². The molecule has 0 spiro atoms. The lowest BCUT2D eigenvalue weighted by Gasteiger charge is -2.34. The van der Waals surface area contributed by atoms with E-state index in [0.29, 0.717) is 30.2 Å². The van der Waals surface area contributed by atoms with Crippen LogP contribution in [0.3, 0.4) is 0 Å². The van der Waals surface area contributed by atoms with Crippen molar-refractivity contribution in [2.45, 2.75) is 37.8 Å². The monoisotopic (exact) mass is 436 g/mol. The van der Waals surface area contributed by atoms with Gasteiger partial charge in [0.1, 0.15) is 34.5 Å². The number of fused-ring (bicyclic) bond motifs is 1. The van der Waals surface area contributed by atoms with Crippen molar-refractivity contribution in [3.63, 3.8) is 0 Å². The molecule has 1 atom stereocenters. The van der Waals surface area contributed by atoms with E-state index in [-0.39, 0.29) is 18.1 Å². The number of aromatic nitrogens is 3. The molecule has 0 saturated carbocycles. The summed E-state index contributed by atoms with van der Waals surface area (Å²) < 4.78 is 19.1. The number of likely N-dealkylation sites (tertiary alicyclic amines) is 1. The molecule has 168 valence electrons. The number of hydrogen-bond acceptors (Lipinski definition) is 6. The molecule has 2 fully saturated rings. The summed E-state index contributed by atoms with van der Waals surface area (Å²) in [5.41, 5.74) is 2.27. The smallest absolute Gasteiger partial charge is 0.261 e. The van der Waals surface area contributed by atoms with Gasteiger partial charge in [0.25, 0.3) is 5.91 Å². The lowest BCUT2D eigenvalue weighted by atomic mass is 10.0. The first-order chi connectivity index (χ1) is 15.7. The van der Waals surface area contributed by atoms with Crippen LogP contribution in [0.4, 0.5) is 0 Å². The summed E-state index contributed by atoms with van der Waals surface area (Å²) in [7, 11) is 3.14. The molecule has 2 aromatic heterocycles. The second-order valence-corrected chi connectivity index (χ2v) is 8.25. The summed E-state index contributed by atoms with van der Waals surface area (Å²) in [4.78, 5) is 24.7. The zero-order chi connectivity index (χ0) is 22.1. The number of amides is 1. The van der Waals surface area contributed by atoms with Crippen LogP contribution in [-0.4, -0.2) is 59.3 Å². The Hall–Kier alpha value is -3.13. The van der Waals surface area contributed by atoms with Gasteiger partial charge in [-0.25, -0.2) is 9.97 Å². The fraction of sp³-hybridized carbons (Fsp3) is 0.458. The highest BCUT2D eigenvalue weighted by molar-refractivity contribution is 5.99. The van der Waals surface area contributed by atoms with Crippen LogP contribution in [0.1, 0.15) is 54.0 Å². The summed E-state index contributed by atoms with van der Waals surface area (Å²) in [6.45, 7) is 2.05. The van der Waals surface area contributed by atoms with E-state index >= 15 is 0 Å². The van der Waals surface area contributed by atoms with Crippen molar-refractivity contribution in [1.82, 2.24) is 19.4 Å². The maximum atomic E-state index is 13.4. The zero-order valence-electron chi connectivity index (χ0n) is 18.5. The highest BCUT2D eigenvalue weighted by Crippen LogP contribution is 2.36. The molecule has 8 heteroatoms. The normalized spacial score (nSPS) is 19.4. The molecule has 0 radical (unpaired) electrons. The number of imidazole rings is 1. The first kappa shape index (κ1) is 20.8. The topological polar surface area (TPSA) is 78.7 Å². The molecule has 5 rings (SSSR count). The van der Waals surface area contributed by atoms with Crippen LogP contribution in [0.25, 0.3) is 11.2 Å². The number of pyridine rings is 1. The molecular formula is C24H28N4O4. The molecule has 2 aliphatic heterocycles. The quantitative estimate of drug-likeness (QED) is 0.606. The van der Waals surface area contributed by atoms with Gasteiger partial charge in [0.05, 0.1) is 14.2 Å². The lowest BCUT2D eigenvalue weighted by molar-refractivity contribution is 0.0675. The van der Waals surface area contributed by atoms with Gasteiger partial charge in [0.2, 0.25) is 0 Å². The second-order valence-electron chi connectivity index (χ2n) is 8.25. The van der Waals surface area contributed by atoms with Gasteiger partial charge in [0.15, 0.2) is 5.65 Å². The maximum Gasteiger partial charge on any atom is 0.261 e. The minimum atomic E-state index is -0.0642. The van der Waals surface area contributed by atoms with Gasteiger partial charge in [-0.05, 0) is 49.9 Å². The van der Waals surface area contributed by atoms with E-state index in [9.17, 15) is 4.79 Å². The summed E-state index contributed by atoms with van der Waals surface area (Å²) in [6.07, 6.45) is 5.51. The molecule has 8 nitrogen and oxygen atoms in total. The van der Waals surface area contributed by atoms with E-state index in [2.05, 4.69) is 9.55 Å². The van der Waals surface area contributed by atoms with E-state index in [1.54, 1.807) is 26.4 Å². The predicted octanol–water partition coefficient (Wildman–Crippen LogP) is 3.78. The van der Waals surface area contributed by atoms with Crippen molar-refractivity contribution in [3.05, 3.63) is 47.9 Å². The van der Waals surface area contributed by atoms with Crippen LogP contribution in [0.2, 0.25) is 0 Å². The Kier molecular flexibility index (Phi) is 5.70. The Morgan fingerprint density at radius 2 is 1.81 bits per heavy atom. The Bertz CT molecular complexity index is 1090. The Morgan fingerprint density at radius 1 is 1.06 bits per heavy atom. The summed E-state index contributed by atoms with van der Waals surface area (Å²) in [5.74, 6) is 1.96. The molecule has 0 bridgehead atoms. The number of carbonyl (C=O) groups excluding carboxylic acids is 1. The molecule has 1 aromatic carbocycles. The second kappa shape index (κ2) is 8.78. The van der Waals surface area contributed by atoms with E-state index in [0.717, 1.165) is 49.3 Å². The van der Waals surface area contributed by atoms with Crippen molar-refractivity contribution in [1.29, 1.82) is 0 Å². The first-order valence-corrected chi connectivity index (χ1v) is 11.2. The molecule has 3 aromatic rings. The third-order valence-electron chi connectivity index (χ3n) is 6.45. The van der Waals surface area contributed by atoms with Crippen LogP contribution in [-0.2, 0) is 4.74 Å². The van der Waals surface area contributed by atoms with E-state index in [1.807, 2.05) is 29.3 Å². The lowest BCUT2D eigenvalue weighted by Crippen LogP contribution is -2.39. The van der Waals surface area contributed by atoms with Gasteiger partial charge < -0.3 is 23.7 Å². The molecule has 0 unspecified atom stereocenters. The highest BCUT2D eigenvalue weighted by Gasteiger charge is 2.32. The number of carbonyl (C=O) groups is 1. The Morgan fingerprint density at radius 3 is 2.47 bits per heavy atom. The average Bonchev–Trinajstić information content (AvgIpc) is 3.51. The summed E-state index contributed by atoms with van der Waals surface area (Å²) in [5, 5.41) is 0. The van der Waals surface area contributed by atoms with Crippen molar-refractivity contribution >= 4 is 17.1 Å². The van der Waals surface area contributed by atoms with Gasteiger partial charge in [0, 0.05) is 31.9 Å². The Labute approximate surface area is 187 Å². The molecule has 0 aliphatic carbocycles. The first-order valence-electron chi connectivity index (χ1n) is 11.2. The van der Waals surface area contributed by atoms with Gasteiger partial charge in [-0.2, -0.15) is 0 Å². The molecule has 1 amide bonds. The third kappa shape index (κ3) is 3.58. The van der Waals surface area contributed by atoms with Crippen LogP contribution >= 0.6 is 0 Å².